The summed E-state index contributed by atoms with van der Waals surface area (Å²) in [5.41, 5.74) is 4.54. The zero-order chi connectivity index (χ0) is 16.4. The summed E-state index contributed by atoms with van der Waals surface area (Å²) < 4.78 is 4.87. The van der Waals surface area contributed by atoms with Gasteiger partial charge in [0, 0.05) is 23.0 Å². The number of nitrogens with zero attached hydrogens (tertiary/aromatic N) is 2. The molecule has 0 unspecified atom stereocenters. The van der Waals surface area contributed by atoms with Gasteiger partial charge in [-0.15, -0.1) is 12.4 Å². The molecule has 0 aliphatic heterocycles. The van der Waals surface area contributed by atoms with Crippen LogP contribution in [0.5, 0.6) is 0 Å². The van der Waals surface area contributed by atoms with E-state index in [-0.39, 0.29) is 12.4 Å². The summed E-state index contributed by atoms with van der Waals surface area (Å²) in [5, 5.41) is 4.07. The van der Waals surface area contributed by atoms with Crippen LogP contribution in [0.2, 0.25) is 0 Å². The lowest BCUT2D eigenvalue weighted by molar-refractivity contribution is 0.0601. The van der Waals surface area contributed by atoms with Gasteiger partial charge in [0.2, 0.25) is 0 Å². The van der Waals surface area contributed by atoms with E-state index in [1.165, 1.54) is 18.9 Å². The fourth-order valence-electron chi connectivity index (χ4n) is 2.35. The van der Waals surface area contributed by atoms with Gasteiger partial charge in [-0.1, -0.05) is 17.7 Å². The number of nitrogens with one attached hydrogen (secondary N) is 1. The number of hydrogen-bond acceptors (Lipinski definition) is 5. The number of carbonyl (C=O) groups excluding carboxylic acids is 1. The standard InChI is InChI=1S/C18H17N3O2.ClH/c1-11-4-7-13(8-5-11)21-16-14-9-6-12(2)20-17(14)19-10-15(16)18(22)23-3;/h4-10H,1-3H3,(H,19,20,21);1H. The Balaban J connectivity index is 0.00000208. The van der Waals surface area contributed by atoms with Gasteiger partial charge in [0.25, 0.3) is 0 Å². The zero-order valence-electron chi connectivity index (χ0n) is 13.7. The minimum absolute atomic E-state index is 0. The van der Waals surface area contributed by atoms with Gasteiger partial charge in [0.15, 0.2) is 5.65 Å². The number of benzene rings is 1. The molecule has 2 heterocycles. The summed E-state index contributed by atoms with van der Waals surface area (Å²) in [6.45, 7) is 3.93. The van der Waals surface area contributed by atoms with Crippen LogP contribution >= 0.6 is 12.4 Å². The fourth-order valence-corrected chi connectivity index (χ4v) is 2.35. The van der Waals surface area contributed by atoms with Crippen molar-refractivity contribution in [1.29, 1.82) is 0 Å². The Morgan fingerprint density at radius 1 is 1.08 bits per heavy atom. The van der Waals surface area contributed by atoms with E-state index >= 15 is 0 Å². The number of aromatic nitrogens is 2. The second-order valence-corrected chi connectivity index (χ2v) is 5.35. The topological polar surface area (TPSA) is 64.1 Å². The predicted octanol–water partition coefficient (Wildman–Crippen LogP) is 4.20. The summed E-state index contributed by atoms with van der Waals surface area (Å²) in [6, 6.07) is 11.7. The van der Waals surface area contributed by atoms with Gasteiger partial charge in [-0.3, -0.25) is 0 Å². The second kappa shape index (κ2) is 7.27. The van der Waals surface area contributed by atoms with E-state index in [1.807, 2.05) is 50.2 Å². The highest BCUT2D eigenvalue weighted by molar-refractivity contribution is 6.05. The molecule has 1 aromatic carbocycles. The van der Waals surface area contributed by atoms with E-state index in [0.717, 1.165) is 16.8 Å². The van der Waals surface area contributed by atoms with Crippen molar-refractivity contribution in [2.45, 2.75) is 13.8 Å². The third kappa shape index (κ3) is 3.46. The zero-order valence-corrected chi connectivity index (χ0v) is 14.5. The lowest BCUT2D eigenvalue weighted by Gasteiger charge is -2.13. The number of hydrogen-bond donors (Lipinski definition) is 1. The molecule has 24 heavy (non-hydrogen) atoms. The highest BCUT2D eigenvalue weighted by Gasteiger charge is 2.17. The lowest BCUT2D eigenvalue weighted by atomic mass is 10.1. The van der Waals surface area contributed by atoms with Crippen molar-refractivity contribution in [3.8, 4) is 0 Å². The highest BCUT2D eigenvalue weighted by atomic mass is 35.5. The Hall–Kier alpha value is -2.66. The Morgan fingerprint density at radius 3 is 2.46 bits per heavy atom. The Kier molecular flexibility index (Phi) is 5.36. The van der Waals surface area contributed by atoms with E-state index in [1.54, 1.807) is 0 Å². The molecule has 0 aliphatic rings. The molecule has 0 spiro atoms. The fraction of sp³-hybridized carbons (Fsp3) is 0.167. The largest absolute Gasteiger partial charge is 0.465 e. The van der Waals surface area contributed by atoms with E-state index in [0.29, 0.717) is 16.9 Å². The number of fused-ring (bicyclic) bond motifs is 1. The van der Waals surface area contributed by atoms with Gasteiger partial charge < -0.3 is 10.1 Å². The average Bonchev–Trinajstić information content (AvgIpc) is 2.56. The van der Waals surface area contributed by atoms with Gasteiger partial charge in [0.1, 0.15) is 5.56 Å². The molecule has 0 fully saturated rings. The van der Waals surface area contributed by atoms with Crippen LogP contribution in [0.25, 0.3) is 11.0 Å². The molecule has 124 valence electrons. The van der Waals surface area contributed by atoms with E-state index in [2.05, 4.69) is 15.3 Å². The number of esters is 1. The maximum Gasteiger partial charge on any atom is 0.341 e. The quantitative estimate of drug-likeness (QED) is 0.722. The van der Waals surface area contributed by atoms with Crippen LogP contribution in [0.1, 0.15) is 21.6 Å². The number of methoxy groups -OCH3 is 1. The smallest absolute Gasteiger partial charge is 0.341 e. The van der Waals surface area contributed by atoms with Gasteiger partial charge in [-0.2, -0.15) is 0 Å². The van der Waals surface area contributed by atoms with Crippen molar-refractivity contribution >= 4 is 40.8 Å². The lowest BCUT2D eigenvalue weighted by Crippen LogP contribution is -2.08. The summed E-state index contributed by atoms with van der Waals surface area (Å²) in [6.07, 6.45) is 1.50. The molecule has 0 atom stereocenters. The molecule has 3 rings (SSSR count). The number of pyridine rings is 2. The maximum absolute atomic E-state index is 12.1. The SMILES string of the molecule is COC(=O)c1cnc2nc(C)ccc2c1Nc1ccc(C)cc1.Cl. The molecule has 0 radical (unpaired) electrons. The molecule has 0 bridgehead atoms. The molecule has 0 aliphatic carbocycles. The van der Waals surface area contributed by atoms with E-state index < -0.39 is 5.97 Å². The van der Waals surface area contributed by atoms with Gasteiger partial charge in [-0.05, 0) is 38.1 Å². The second-order valence-electron chi connectivity index (χ2n) is 5.35. The number of anilines is 2. The van der Waals surface area contributed by atoms with Crippen LogP contribution in [-0.2, 0) is 4.74 Å². The molecule has 6 heteroatoms. The first-order chi connectivity index (χ1) is 11.1. The molecule has 0 saturated heterocycles. The first-order valence-electron chi connectivity index (χ1n) is 7.27. The Bertz CT molecular complexity index is 879. The normalized spacial score (nSPS) is 10.1. The Morgan fingerprint density at radius 2 is 1.79 bits per heavy atom. The first-order valence-corrected chi connectivity index (χ1v) is 7.27. The highest BCUT2D eigenvalue weighted by Crippen LogP contribution is 2.29. The van der Waals surface area contributed by atoms with E-state index in [4.69, 9.17) is 4.74 Å². The number of ether oxygens (including phenoxy) is 1. The van der Waals surface area contributed by atoms with Gasteiger partial charge in [0.05, 0.1) is 12.8 Å². The van der Waals surface area contributed by atoms with Crippen LogP contribution in [0.3, 0.4) is 0 Å². The van der Waals surface area contributed by atoms with Crippen LogP contribution < -0.4 is 5.32 Å². The molecule has 2 aromatic heterocycles. The van der Waals surface area contributed by atoms with Crippen LogP contribution in [0.4, 0.5) is 11.4 Å². The van der Waals surface area contributed by atoms with Crippen molar-refractivity contribution in [3.63, 3.8) is 0 Å². The number of aryl methyl sites for hydroxylation is 2. The van der Waals surface area contributed by atoms with Crippen molar-refractivity contribution < 1.29 is 9.53 Å². The number of carbonyl (C=O) groups is 1. The third-order valence-electron chi connectivity index (χ3n) is 3.60. The predicted molar refractivity (Wildman–Crippen MR) is 97.3 cm³/mol. The summed E-state index contributed by atoms with van der Waals surface area (Å²) in [5.74, 6) is -0.436. The van der Waals surface area contributed by atoms with Crippen molar-refractivity contribution in [1.82, 2.24) is 9.97 Å². The van der Waals surface area contributed by atoms with E-state index in [9.17, 15) is 4.79 Å². The van der Waals surface area contributed by atoms with Crippen molar-refractivity contribution in [3.05, 3.63) is 59.4 Å². The van der Waals surface area contributed by atoms with Crippen molar-refractivity contribution in [2.24, 2.45) is 0 Å². The van der Waals surface area contributed by atoms with Crippen LogP contribution in [-0.4, -0.2) is 23.0 Å². The molecule has 1 N–H and O–H groups in total. The van der Waals surface area contributed by atoms with Gasteiger partial charge in [-0.25, -0.2) is 14.8 Å². The summed E-state index contributed by atoms with van der Waals surface area (Å²) in [4.78, 5) is 20.8. The molecular formula is C18H18ClN3O2. The first kappa shape index (κ1) is 17.7. The molecule has 0 saturated carbocycles. The Labute approximate surface area is 146 Å². The summed E-state index contributed by atoms with van der Waals surface area (Å²) in [7, 11) is 1.36. The molecule has 3 aromatic rings. The molecule has 0 amide bonds. The number of halogens is 1. The third-order valence-corrected chi connectivity index (χ3v) is 3.60. The summed E-state index contributed by atoms with van der Waals surface area (Å²) >= 11 is 0. The van der Waals surface area contributed by atoms with Gasteiger partial charge >= 0.3 is 5.97 Å². The van der Waals surface area contributed by atoms with Crippen LogP contribution in [0.15, 0.2) is 42.6 Å². The molecule has 5 nitrogen and oxygen atoms in total. The monoisotopic (exact) mass is 343 g/mol. The number of rotatable bonds is 3. The average molecular weight is 344 g/mol. The molecular weight excluding hydrogens is 326 g/mol. The van der Waals surface area contributed by atoms with Crippen LogP contribution in [0, 0.1) is 13.8 Å². The van der Waals surface area contributed by atoms with Crippen molar-refractivity contribution in [2.75, 3.05) is 12.4 Å². The minimum atomic E-state index is -0.436. The maximum atomic E-state index is 12.1. The minimum Gasteiger partial charge on any atom is -0.465 e.